The molecule has 0 radical (unpaired) electrons. The van der Waals surface area contributed by atoms with Crippen molar-refractivity contribution in [3.63, 3.8) is 0 Å². The highest BCUT2D eigenvalue weighted by Gasteiger charge is 2.20. The molecule has 0 aliphatic heterocycles. The maximum Gasteiger partial charge on any atom is 0.215 e. The number of anilines is 1. The molecule has 0 saturated carbocycles. The smallest absolute Gasteiger partial charge is 0.215 e. The predicted molar refractivity (Wildman–Crippen MR) is 120 cm³/mol. The van der Waals surface area contributed by atoms with Crippen molar-refractivity contribution < 1.29 is 14.3 Å². The molecule has 7 nitrogen and oxygen atoms in total. The van der Waals surface area contributed by atoms with Gasteiger partial charge in [-0.25, -0.2) is 4.98 Å². The number of amides is 1. The third-order valence-corrected chi connectivity index (χ3v) is 5.18. The summed E-state index contributed by atoms with van der Waals surface area (Å²) in [6, 6.07) is 15.5. The van der Waals surface area contributed by atoms with Crippen LogP contribution in [0.15, 0.2) is 67.1 Å². The first kappa shape index (κ1) is 20.5. The number of nitrogens with zero attached hydrogens (tertiary/aromatic N) is 4. The van der Waals surface area contributed by atoms with E-state index in [-0.39, 0.29) is 0 Å². The van der Waals surface area contributed by atoms with E-state index in [0.29, 0.717) is 31.0 Å². The summed E-state index contributed by atoms with van der Waals surface area (Å²) in [5.74, 6) is 2.25. The molecule has 4 rings (SSSR count). The van der Waals surface area contributed by atoms with Gasteiger partial charge in [0, 0.05) is 18.6 Å². The van der Waals surface area contributed by atoms with Crippen molar-refractivity contribution in [2.24, 2.45) is 0 Å². The Bertz CT molecular complexity index is 1130. The van der Waals surface area contributed by atoms with Crippen LogP contribution in [-0.4, -0.2) is 34.1 Å². The highest BCUT2D eigenvalue weighted by Crippen LogP contribution is 2.29. The Hall–Kier alpha value is -3.74. The summed E-state index contributed by atoms with van der Waals surface area (Å²) in [6.07, 6.45) is 7.49. The van der Waals surface area contributed by atoms with E-state index in [9.17, 15) is 4.79 Å². The predicted octanol–water partition coefficient (Wildman–Crippen LogP) is 3.95. The number of benzene rings is 1. The molecule has 0 N–H and O–H groups in total. The topological polar surface area (TPSA) is 61.0 Å². The van der Waals surface area contributed by atoms with Crippen molar-refractivity contribution in [3.8, 4) is 11.5 Å². The SMILES string of the molecule is CCc1nc2c(OCCn3cccc3)cccn2c1N(C=O)Cc1ccc(OC)cc1. The Labute approximate surface area is 181 Å². The van der Waals surface area contributed by atoms with Gasteiger partial charge in [0.15, 0.2) is 11.4 Å². The Morgan fingerprint density at radius 3 is 2.52 bits per heavy atom. The first-order valence-electron chi connectivity index (χ1n) is 10.3. The summed E-state index contributed by atoms with van der Waals surface area (Å²) in [6.45, 7) is 3.75. The summed E-state index contributed by atoms with van der Waals surface area (Å²) < 4.78 is 15.3. The number of fused-ring (bicyclic) bond motifs is 1. The number of carbonyl (C=O) groups is 1. The van der Waals surface area contributed by atoms with Gasteiger partial charge in [-0.1, -0.05) is 19.1 Å². The summed E-state index contributed by atoms with van der Waals surface area (Å²) in [5.41, 5.74) is 2.56. The van der Waals surface area contributed by atoms with Crippen LogP contribution in [-0.2, 0) is 24.3 Å². The molecular formula is C24H26N4O3. The number of carbonyl (C=O) groups excluding carboxylic acids is 1. The van der Waals surface area contributed by atoms with E-state index in [4.69, 9.17) is 14.5 Å². The summed E-state index contributed by atoms with van der Waals surface area (Å²) in [5, 5.41) is 0. The van der Waals surface area contributed by atoms with Gasteiger partial charge < -0.3 is 14.0 Å². The zero-order chi connectivity index (χ0) is 21.6. The third-order valence-electron chi connectivity index (χ3n) is 5.18. The molecule has 1 amide bonds. The zero-order valence-corrected chi connectivity index (χ0v) is 17.8. The van der Waals surface area contributed by atoms with Crippen LogP contribution < -0.4 is 14.4 Å². The maximum atomic E-state index is 12.1. The van der Waals surface area contributed by atoms with E-state index >= 15 is 0 Å². The standard InChI is InChI=1S/C24H26N4O3/c1-3-21-24(27(18-29)17-19-8-10-20(30-2)11-9-19)28-14-6-7-22(23(28)25-21)31-16-15-26-12-4-5-13-26/h4-14,18H,3,15-17H2,1-2H3. The number of methoxy groups -OCH3 is 1. The molecule has 0 bridgehead atoms. The molecule has 3 heterocycles. The molecule has 0 aliphatic rings. The molecule has 160 valence electrons. The second kappa shape index (κ2) is 9.38. The van der Waals surface area contributed by atoms with Crippen molar-refractivity contribution in [1.82, 2.24) is 14.0 Å². The third kappa shape index (κ3) is 4.40. The first-order chi connectivity index (χ1) is 15.2. The molecule has 3 aromatic heterocycles. The number of imidazole rings is 1. The lowest BCUT2D eigenvalue weighted by atomic mass is 10.2. The fourth-order valence-corrected chi connectivity index (χ4v) is 3.60. The Balaban J connectivity index is 1.61. The number of ether oxygens (including phenoxy) is 2. The highest BCUT2D eigenvalue weighted by atomic mass is 16.5. The Morgan fingerprint density at radius 1 is 1.06 bits per heavy atom. The average molecular weight is 418 g/mol. The van der Waals surface area contributed by atoms with Crippen molar-refractivity contribution in [2.75, 3.05) is 18.6 Å². The van der Waals surface area contributed by atoms with Crippen LogP contribution in [0, 0.1) is 0 Å². The lowest BCUT2D eigenvalue weighted by Gasteiger charge is -2.19. The average Bonchev–Trinajstić information content (AvgIpc) is 3.46. The van der Waals surface area contributed by atoms with Gasteiger partial charge in [-0.2, -0.15) is 0 Å². The van der Waals surface area contributed by atoms with Crippen molar-refractivity contribution >= 4 is 17.9 Å². The number of aromatic nitrogens is 3. The molecule has 0 aliphatic carbocycles. The Kier molecular flexibility index (Phi) is 6.21. The summed E-state index contributed by atoms with van der Waals surface area (Å²) in [4.78, 5) is 18.5. The highest BCUT2D eigenvalue weighted by molar-refractivity contribution is 5.77. The van der Waals surface area contributed by atoms with E-state index in [1.54, 1.807) is 12.0 Å². The minimum atomic E-state index is 0.438. The van der Waals surface area contributed by atoms with E-state index in [0.717, 1.165) is 35.8 Å². The van der Waals surface area contributed by atoms with Gasteiger partial charge in [-0.05, 0) is 48.4 Å². The van der Waals surface area contributed by atoms with Crippen LogP contribution in [0.4, 0.5) is 5.82 Å². The van der Waals surface area contributed by atoms with E-state index < -0.39 is 0 Å². The van der Waals surface area contributed by atoms with Gasteiger partial charge >= 0.3 is 0 Å². The van der Waals surface area contributed by atoms with Crippen molar-refractivity contribution in [3.05, 3.63) is 78.4 Å². The molecule has 0 fully saturated rings. The molecule has 0 spiro atoms. The molecule has 31 heavy (non-hydrogen) atoms. The van der Waals surface area contributed by atoms with Gasteiger partial charge in [0.05, 0.1) is 25.9 Å². The fraction of sp³-hybridized carbons (Fsp3) is 0.250. The molecule has 7 heteroatoms. The van der Waals surface area contributed by atoms with Crippen molar-refractivity contribution in [1.29, 1.82) is 0 Å². The second-order valence-electron chi connectivity index (χ2n) is 7.15. The van der Waals surface area contributed by atoms with Crippen LogP contribution in [0.2, 0.25) is 0 Å². The number of aryl methyl sites for hydroxylation is 1. The van der Waals surface area contributed by atoms with E-state index in [1.165, 1.54) is 0 Å². The zero-order valence-electron chi connectivity index (χ0n) is 17.8. The molecule has 1 aromatic carbocycles. The molecule has 0 saturated heterocycles. The summed E-state index contributed by atoms with van der Waals surface area (Å²) in [7, 11) is 1.64. The number of rotatable bonds is 10. The van der Waals surface area contributed by atoms with Gasteiger partial charge in [-0.15, -0.1) is 0 Å². The second-order valence-corrected chi connectivity index (χ2v) is 7.15. The quantitative estimate of drug-likeness (QED) is 0.366. The minimum absolute atomic E-state index is 0.438. The van der Waals surface area contributed by atoms with Gasteiger partial charge in [0.2, 0.25) is 6.41 Å². The largest absolute Gasteiger partial charge is 0.497 e. The minimum Gasteiger partial charge on any atom is -0.497 e. The fourth-order valence-electron chi connectivity index (χ4n) is 3.60. The van der Waals surface area contributed by atoms with Crippen LogP contribution >= 0.6 is 0 Å². The van der Waals surface area contributed by atoms with E-state index in [2.05, 4.69) is 4.57 Å². The number of hydrogen-bond donors (Lipinski definition) is 0. The van der Waals surface area contributed by atoms with Crippen LogP contribution in [0.3, 0.4) is 0 Å². The normalized spacial score (nSPS) is 10.9. The van der Waals surface area contributed by atoms with Crippen molar-refractivity contribution in [2.45, 2.75) is 26.4 Å². The maximum absolute atomic E-state index is 12.1. The lowest BCUT2D eigenvalue weighted by molar-refractivity contribution is -0.107. The van der Waals surface area contributed by atoms with Crippen LogP contribution in [0.5, 0.6) is 11.5 Å². The Morgan fingerprint density at radius 2 is 1.84 bits per heavy atom. The lowest BCUT2D eigenvalue weighted by Crippen LogP contribution is -2.23. The molecule has 0 unspecified atom stereocenters. The molecular weight excluding hydrogens is 392 g/mol. The van der Waals surface area contributed by atoms with Crippen LogP contribution in [0.1, 0.15) is 18.2 Å². The van der Waals surface area contributed by atoms with Crippen LogP contribution in [0.25, 0.3) is 5.65 Å². The van der Waals surface area contributed by atoms with Gasteiger partial charge in [-0.3, -0.25) is 14.1 Å². The van der Waals surface area contributed by atoms with Gasteiger partial charge in [0.25, 0.3) is 0 Å². The monoisotopic (exact) mass is 418 g/mol. The number of hydrogen-bond acceptors (Lipinski definition) is 4. The van der Waals surface area contributed by atoms with E-state index in [1.807, 2.05) is 78.4 Å². The molecule has 4 aromatic rings. The summed E-state index contributed by atoms with van der Waals surface area (Å²) >= 11 is 0. The molecule has 0 atom stereocenters. The first-order valence-corrected chi connectivity index (χ1v) is 10.3. The van der Waals surface area contributed by atoms with Gasteiger partial charge in [0.1, 0.15) is 18.2 Å². The number of pyridine rings is 1.